The molecule has 6 nitrogen and oxygen atoms in total. The summed E-state index contributed by atoms with van der Waals surface area (Å²) in [6.45, 7) is 0.324. The van der Waals surface area contributed by atoms with Gasteiger partial charge < -0.3 is 9.64 Å². The minimum absolute atomic E-state index is 0.135. The molecule has 1 heterocycles. The number of hydrogen-bond donors (Lipinski definition) is 0. The molecule has 0 aromatic heterocycles. The van der Waals surface area contributed by atoms with Gasteiger partial charge in [-0.25, -0.2) is 8.42 Å². The Morgan fingerprint density at radius 2 is 1.75 bits per heavy atom. The molecule has 0 aliphatic carbocycles. The summed E-state index contributed by atoms with van der Waals surface area (Å²) in [7, 11) is -3.31. The lowest BCUT2D eigenvalue weighted by Gasteiger charge is -2.34. The van der Waals surface area contributed by atoms with E-state index in [4.69, 9.17) is 0 Å². The number of piperazine rings is 1. The molecule has 0 bridgehead atoms. The molecule has 1 aliphatic rings. The number of carbonyl (C=O) groups excluding carboxylic acids is 1. The third kappa shape index (κ3) is 5.25. The molecule has 1 fully saturated rings. The number of amides is 1. The van der Waals surface area contributed by atoms with E-state index >= 15 is 0 Å². The van der Waals surface area contributed by atoms with Gasteiger partial charge in [0.2, 0.25) is 10.0 Å². The van der Waals surface area contributed by atoms with Crippen LogP contribution in [0.1, 0.15) is 6.92 Å². The van der Waals surface area contributed by atoms with Crippen molar-refractivity contribution >= 4 is 15.9 Å². The van der Waals surface area contributed by atoms with Gasteiger partial charge in [-0.3, -0.25) is 4.79 Å². The van der Waals surface area contributed by atoms with Gasteiger partial charge in [0.25, 0.3) is 5.91 Å². The Kier molecular flexibility index (Phi) is 5.39. The molecule has 0 saturated carbocycles. The second-order valence-electron chi connectivity index (χ2n) is 4.56. The normalized spacial score (nSPS) is 19.9. The molecular weight excluding hydrogens is 301 g/mol. The lowest BCUT2D eigenvalue weighted by molar-refractivity contribution is -0.188. The maximum atomic E-state index is 12.0. The number of alkyl halides is 3. The molecule has 118 valence electrons. The fraction of sp³-hybridized carbons (Fsp3) is 0.900. The number of sulfonamides is 1. The molecular formula is C10H17F3N2O4S. The summed E-state index contributed by atoms with van der Waals surface area (Å²) >= 11 is 0. The molecule has 0 unspecified atom stereocenters. The van der Waals surface area contributed by atoms with E-state index in [1.54, 1.807) is 0 Å². The van der Waals surface area contributed by atoms with E-state index in [9.17, 15) is 26.4 Å². The van der Waals surface area contributed by atoms with Crippen LogP contribution in [0, 0.1) is 0 Å². The average Bonchev–Trinajstić information content (AvgIpc) is 2.33. The Morgan fingerprint density at radius 1 is 1.25 bits per heavy atom. The minimum atomic E-state index is -4.48. The van der Waals surface area contributed by atoms with Gasteiger partial charge >= 0.3 is 6.18 Å². The summed E-state index contributed by atoms with van der Waals surface area (Å²) in [5.74, 6) is -0.567. The Morgan fingerprint density at radius 3 is 2.15 bits per heavy atom. The van der Waals surface area contributed by atoms with Crippen LogP contribution in [0.3, 0.4) is 0 Å². The first-order valence-corrected chi connectivity index (χ1v) is 7.78. The fourth-order valence-electron chi connectivity index (χ4n) is 1.79. The number of nitrogens with zero attached hydrogens (tertiary/aromatic N) is 2. The van der Waals surface area contributed by atoms with Crippen LogP contribution in [-0.2, 0) is 19.6 Å². The fourth-order valence-corrected chi connectivity index (χ4v) is 2.61. The molecule has 1 aliphatic heterocycles. The van der Waals surface area contributed by atoms with Crippen LogP contribution in [0.15, 0.2) is 0 Å². The second-order valence-corrected chi connectivity index (χ2v) is 6.54. The lowest BCUT2D eigenvalue weighted by atomic mass is 10.3. The number of rotatable bonds is 4. The number of ether oxygens (including phenoxy) is 1. The van der Waals surface area contributed by atoms with Gasteiger partial charge in [-0.2, -0.15) is 17.5 Å². The zero-order valence-corrected chi connectivity index (χ0v) is 12.0. The zero-order valence-electron chi connectivity index (χ0n) is 11.2. The maximum Gasteiger partial charge on any atom is 0.411 e. The molecule has 0 spiro atoms. The van der Waals surface area contributed by atoms with Crippen LogP contribution in [-0.4, -0.2) is 74.9 Å². The number of halogens is 3. The molecule has 0 aromatic rings. The molecule has 20 heavy (non-hydrogen) atoms. The molecule has 0 N–H and O–H groups in total. The molecule has 1 saturated heterocycles. The quantitative estimate of drug-likeness (QED) is 0.735. The topological polar surface area (TPSA) is 66.9 Å². The predicted octanol–water partition coefficient (Wildman–Crippen LogP) is 0.0576. The highest BCUT2D eigenvalue weighted by Crippen LogP contribution is 2.16. The largest absolute Gasteiger partial charge is 0.411 e. The van der Waals surface area contributed by atoms with Crippen LogP contribution < -0.4 is 0 Å². The molecule has 1 amide bonds. The highest BCUT2D eigenvalue weighted by atomic mass is 32.2. The van der Waals surface area contributed by atoms with E-state index in [-0.39, 0.29) is 26.2 Å². The van der Waals surface area contributed by atoms with Gasteiger partial charge in [-0.05, 0) is 6.92 Å². The Balaban J connectivity index is 2.46. The molecule has 0 aromatic carbocycles. The van der Waals surface area contributed by atoms with Gasteiger partial charge in [-0.1, -0.05) is 0 Å². The van der Waals surface area contributed by atoms with E-state index in [0.717, 1.165) is 6.26 Å². The van der Waals surface area contributed by atoms with Crippen LogP contribution in [0.25, 0.3) is 0 Å². The smallest absolute Gasteiger partial charge is 0.359 e. The SMILES string of the molecule is C[C@@H](OCC(F)(F)F)C(=O)N1CCN(S(C)(=O)=O)CC1. The molecule has 10 heteroatoms. The van der Waals surface area contributed by atoms with E-state index in [1.165, 1.54) is 16.1 Å². The van der Waals surface area contributed by atoms with Gasteiger partial charge in [0.1, 0.15) is 12.7 Å². The maximum absolute atomic E-state index is 12.0. The minimum Gasteiger partial charge on any atom is -0.359 e. The van der Waals surface area contributed by atoms with Crippen molar-refractivity contribution < 1.29 is 31.1 Å². The Bertz CT molecular complexity index is 444. The Hall–Kier alpha value is -0.870. The van der Waals surface area contributed by atoms with Crippen molar-refractivity contribution in [2.24, 2.45) is 0 Å². The first kappa shape index (κ1) is 17.2. The summed E-state index contributed by atoms with van der Waals surface area (Å²) in [5.41, 5.74) is 0. The van der Waals surface area contributed by atoms with E-state index in [1.807, 2.05) is 0 Å². The third-order valence-electron chi connectivity index (χ3n) is 2.86. The molecule has 1 rings (SSSR count). The third-order valence-corrected chi connectivity index (χ3v) is 4.17. The molecule has 1 atom stereocenters. The summed E-state index contributed by atoms with van der Waals surface area (Å²) in [6.07, 6.45) is -4.62. The van der Waals surface area contributed by atoms with E-state index in [0.29, 0.717) is 0 Å². The van der Waals surface area contributed by atoms with Crippen LogP contribution in [0.4, 0.5) is 13.2 Å². The second kappa shape index (κ2) is 6.27. The van der Waals surface area contributed by atoms with Crippen molar-refractivity contribution in [3.8, 4) is 0 Å². The highest BCUT2D eigenvalue weighted by Gasteiger charge is 2.32. The van der Waals surface area contributed by atoms with Gasteiger partial charge in [-0.15, -0.1) is 0 Å². The summed E-state index contributed by atoms with van der Waals surface area (Å²) < 4.78 is 64.2. The summed E-state index contributed by atoms with van der Waals surface area (Å²) in [6, 6.07) is 0. The van der Waals surface area contributed by atoms with Crippen molar-refractivity contribution in [1.29, 1.82) is 0 Å². The standard InChI is InChI=1S/C10H17F3N2O4S/c1-8(19-7-10(11,12)13)9(16)14-3-5-15(6-4-14)20(2,17)18/h8H,3-7H2,1-2H3/t8-/m1/s1. The van der Waals surface area contributed by atoms with Crippen molar-refractivity contribution in [2.75, 3.05) is 39.0 Å². The lowest BCUT2D eigenvalue weighted by Crippen LogP contribution is -2.52. The van der Waals surface area contributed by atoms with Gasteiger partial charge in [0, 0.05) is 26.2 Å². The first-order valence-electron chi connectivity index (χ1n) is 5.93. The van der Waals surface area contributed by atoms with Crippen LogP contribution in [0.2, 0.25) is 0 Å². The highest BCUT2D eigenvalue weighted by molar-refractivity contribution is 7.88. The summed E-state index contributed by atoms with van der Waals surface area (Å²) in [4.78, 5) is 13.1. The van der Waals surface area contributed by atoms with Gasteiger partial charge in [0.15, 0.2) is 0 Å². The first-order chi connectivity index (χ1) is 9.00. The number of carbonyl (C=O) groups is 1. The average molecular weight is 318 g/mol. The predicted molar refractivity (Wildman–Crippen MR) is 64.5 cm³/mol. The van der Waals surface area contributed by atoms with Crippen LogP contribution >= 0.6 is 0 Å². The van der Waals surface area contributed by atoms with Gasteiger partial charge in [0.05, 0.1) is 6.26 Å². The van der Waals surface area contributed by atoms with Crippen molar-refractivity contribution in [2.45, 2.75) is 19.2 Å². The van der Waals surface area contributed by atoms with Crippen molar-refractivity contribution in [1.82, 2.24) is 9.21 Å². The Labute approximate surface area is 115 Å². The monoisotopic (exact) mass is 318 g/mol. The van der Waals surface area contributed by atoms with Crippen molar-refractivity contribution in [3.05, 3.63) is 0 Å². The van der Waals surface area contributed by atoms with E-state index in [2.05, 4.69) is 4.74 Å². The number of hydrogen-bond acceptors (Lipinski definition) is 4. The van der Waals surface area contributed by atoms with Crippen molar-refractivity contribution in [3.63, 3.8) is 0 Å². The zero-order chi connectivity index (χ0) is 15.6. The molecule has 0 radical (unpaired) electrons. The van der Waals surface area contributed by atoms with Crippen LogP contribution in [0.5, 0.6) is 0 Å². The van der Waals surface area contributed by atoms with E-state index < -0.39 is 34.8 Å². The summed E-state index contributed by atoms with van der Waals surface area (Å²) in [5, 5.41) is 0.